The van der Waals surface area contributed by atoms with Crippen molar-refractivity contribution in [1.29, 1.82) is 0 Å². The molecule has 8 nitrogen and oxygen atoms in total. The first kappa shape index (κ1) is 25.4. The summed E-state index contributed by atoms with van der Waals surface area (Å²) in [5, 5.41) is 6.06. The van der Waals surface area contributed by atoms with Gasteiger partial charge >= 0.3 is 5.97 Å². The second-order valence-electron chi connectivity index (χ2n) is 9.20. The molecule has 0 aliphatic heterocycles. The van der Waals surface area contributed by atoms with Crippen molar-refractivity contribution in [3.63, 3.8) is 0 Å². The summed E-state index contributed by atoms with van der Waals surface area (Å²) in [5.41, 5.74) is 1.71. The molecule has 1 fully saturated rings. The SMILES string of the molecule is CNc1cc(F)cc2cc(C(=O)Nc3ccc(C(=O)OC)cc3CN(C)C3CCCCC3)c(=O)[nH]c12. The number of rotatable bonds is 7. The van der Waals surface area contributed by atoms with Gasteiger partial charge in [0.15, 0.2) is 0 Å². The van der Waals surface area contributed by atoms with Crippen molar-refractivity contribution < 1.29 is 18.7 Å². The monoisotopic (exact) mass is 494 g/mol. The number of anilines is 2. The number of esters is 1. The molecule has 36 heavy (non-hydrogen) atoms. The highest BCUT2D eigenvalue weighted by Crippen LogP contribution is 2.27. The van der Waals surface area contributed by atoms with Crippen molar-refractivity contribution in [1.82, 2.24) is 9.88 Å². The van der Waals surface area contributed by atoms with E-state index in [4.69, 9.17) is 4.74 Å². The molecule has 9 heteroatoms. The van der Waals surface area contributed by atoms with Crippen LogP contribution in [0.2, 0.25) is 0 Å². The van der Waals surface area contributed by atoms with Crippen LogP contribution in [0.5, 0.6) is 0 Å². The molecule has 4 rings (SSSR count). The van der Waals surface area contributed by atoms with E-state index in [0.717, 1.165) is 18.4 Å². The number of halogens is 1. The molecule has 1 aliphatic rings. The summed E-state index contributed by atoms with van der Waals surface area (Å²) in [7, 11) is 4.98. The second-order valence-corrected chi connectivity index (χ2v) is 9.20. The van der Waals surface area contributed by atoms with Gasteiger partial charge in [-0.15, -0.1) is 0 Å². The van der Waals surface area contributed by atoms with Crippen LogP contribution in [0.3, 0.4) is 0 Å². The van der Waals surface area contributed by atoms with E-state index in [1.165, 1.54) is 44.6 Å². The van der Waals surface area contributed by atoms with E-state index in [0.29, 0.717) is 40.4 Å². The summed E-state index contributed by atoms with van der Waals surface area (Å²) >= 11 is 0. The van der Waals surface area contributed by atoms with Crippen LogP contribution in [-0.4, -0.2) is 49.0 Å². The minimum atomic E-state index is -0.624. The molecule has 0 spiro atoms. The minimum absolute atomic E-state index is 0.140. The number of amides is 1. The number of benzene rings is 2. The second kappa shape index (κ2) is 10.9. The van der Waals surface area contributed by atoms with Crippen molar-refractivity contribution in [3.8, 4) is 0 Å². The van der Waals surface area contributed by atoms with Gasteiger partial charge in [-0.25, -0.2) is 9.18 Å². The summed E-state index contributed by atoms with van der Waals surface area (Å²) < 4.78 is 18.9. The predicted octanol–water partition coefficient (Wildman–Crippen LogP) is 4.51. The molecule has 0 atom stereocenters. The highest BCUT2D eigenvalue weighted by molar-refractivity contribution is 6.07. The highest BCUT2D eigenvalue weighted by Gasteiger charge is 2.21. The normalized spacial score (nSPS) is 14.1. The Kier molecular flexibility index (Phi) is 7.69. The van der Waals surface area contributed by atoms with E-state index in [2.05, 4.69) is 20.5 Å². The van der Waals surface area contributed by atoms with Crippen LogP contribution >= 0.6 is 0 Å². The van der Waals surface area contributed by atoms with Crippen LogP contribution in [0, 0.1) is 5.82 Å². The lowest BCUT2D eigenvalue weighted by Gasteiger charge is -2.31. The third kappa shape index (κ3) is 5.41. The molecular formula is C27H31FN4O4. The minimum Gasteiger partial charge on any atom is -0.465 e. The number of nitrogens with zero attached hydrogens (tertiary/aromatic N) is 1. The molecule has 1 aliphatic carbocycles. The number of carbonyl (C=O) groups excluding carboxylic acids is 2. The van der Waals surface area contributed by atoms with Gasteiger partial charge in [0.2, 0.25) is 0 Å². The molecule has 0 bridgehead atoms. The largest absolute Gasteiger partial charge is 0.465 e. The number of carbonyl (C=O) groups is 2. The molecule has 2 aromatic carbocycles. The van der Waals surface area contributed by atoms with Crippen molar-refractivity contribution in [3.05, 3.63) is 69.3 Å². The Morgan fingerprint density at radius 2 is 1.86 bits per heavy atom. The van der Waals surface area contributed by atoms with E-state index in [1.807, 2.05) is 7.05 Å². The first-order valence-electron chi connectivity index (χ1n) is 12.1. The van der Waals surface area contributed by atoms with Gasteiger partial charge in [0.25, 0.3) is 11.5 Å². The third-order valence-corrected chi connectivity index (χ3v) is 6.82. The average Bonchev–Trinajstić information content (AvgIpc) is 2.89. The molecule has 0 unspecified atom stereocenters. The van der Waals surface area contributed by atoms with Crippen molar-refractivity contribution in [2.24, 2.45) is 0 Å². The fourth-order valence-corrected chi connectivity index (χ4v) is 4.85. The number of hydrogen-bond donors (Lipinski definition) is 3. The quantitative estimate of drug-likeness (QED) is 0.418. The highest BCUT2D eigenvalue weighted by atomic mass is 19.1. The molecule has 190 valence electrons. The topological polar surface area (TPSA) is 104 Å². The molecule has 3 N–H and O–H groups in total. The number of aromatic nitrogens is 1. The summed E-state index contributed by atoms with van der Waals surface area (Å²) in [6.07, 6.45) is 5.81. The number of fused-ring (bicyclic) bond motifs is 1. The maximum Gasteiger partial charge on any atom is 0.337 e. The zero-order valence-corrected chi connectivity index (χ0v) is 20.7. The zero-order valence-electron chi connectivity index (χ0n) is 20.7. The number of aromatic amines is 1. The van der Waals surface area contributed by atoms with Crippen LogP contribution < -0.4 is 16.2 Å². The van der Waals surface area contributed by atoms with Gasteiger partial charge in [-0.2, -0.15) is 0 Å². The first-order valence-corrected chi connectivity index (χ1v) is 12.1. The number of ether oxygens (including phenoxy) is 1. The van der Waals surface area contributed by atoms with Crippen LogP contribution in [0.4, 0.5) is 15.8 Å². The van der Waals surface area contributed by atoms with Crippen LogP contribution in [0.15, 0.2) is 41.2 Å². The summed E-state index contributed by atoms with van der Waals surface area (Å²) in [4.78, 5) is 43.0. The lowest BCUT2D eigenvalue weighted by Crippen LogP contribution is -2.33. The zero-order chi connectivity index (χ0) is 25.8. The Bertz CT molecular complexity index is 1350. The smallest absolute Gasteiger partial charge is 0.337 e. The third-order valence-electron chi connectivity index (χ3n) is 6.82. The Labute approximate surface area is 208 Å². The number of nitrogens with one attached hydrogen (secondary N) is 3. The maximum absolute atomic E-state index is 14.0. The lowest BCUT2D eigenvalue weighted by atomic mass is 9.94. The number of pyridine rings is 1. The van der Waals surface area contributed by atoms with E-state index in [9.17, 15) is 18.8 Å². The molecule has 1 amide bonds. The van der Waals surface area contributed by atoms with Gasteiger partial charge in [-0.3, -0.25) is 14.5 Å². The summed E-state index contributed by atoms with van der Waals surface area (Å²) in [6, 6.07) is 9.26. The Morgan fingerprint density at radius 3 is 2.56 bits per heavy atom. The lowest BCUT2D eigenvalue weighted by molar-refractivity contribution is 0.0600. The van der Waals surface area contributed by atoms with E-state index >= 15 is 0 Å². The molecule has 0 radical (unpaired) electrons. The van der Waals surface area contributed by atoms with Gasteiger partial charge in [0, 0.05) is 30.7 Å². The standard InChI is InChI=1S/C27H31FN4O4/c1-29-23-14-19(28)12-17-13-21(26(34)31-24(17)23)25(33)30-22-10-9-16(27(35)36-3)11-18(22)15-32(2)20-7-5-4-6-8-20/h9-14,20,29H,4-8,15H2,1-3H3,(H,30,33)(H,31,34). The van der Waals surface area contributed by atoms with Gasteiger partial charge in [-0.05, 0) is 61.9 Å². The van der Waals surface area contributed by atoms with Crippen molar-refractivity contribution in [2.45, 2.75) is 44.7 Å². The molecule has 1 heterocycles. The summed E-state index contributed by atoms with van der Waals surface area (Å²) in [5.74, 6) is -1.58. The van der Waals surface area contributed by atoms with Crippen LogP contribution in [-0.2, 0) is 11.3 Å². The Balaban J connectivity index is 1.66. The predicted molar refractivity (Wildman–Crippen MR) is 138 cm³/mol. The molecule has 3 aromatic rings. The van der Waals surface area contributed by atoms with Crippen molar-refractivity contribution >= 4 is 34.2 Å². The van der Waals surface area contributed by atoms with Gasteiger partial charge in [0.1, 0.15) is 11.4 Å². The van der Waals surface area contributed by atoms with Gasteiger partial charge in [0.05, 0.1) is 23.9 Å². The molecule has 1 aromatic heterocycles. The number of methoxy groups -OCH3 is 1. The fraction of sp³-hybridized carbons (Fsp3) is 0.370. The molecule has 1 saturated carbocycles. The van der Waals surface area contributed by atoms with Crippen LogP contribution in [0.1, 0.15) is 58.4 Å². The Morgan fingerprint density at radius 1 is 1.11 bits per heavy atom. The van der Waals surface area contributed by atoms with Gasteiger partial charge in [-0.1, -0.05) is 19.3 Å². The number of H-pyrrole nitrogens is 1. The number of hydrogen-bond acceptors (Lipinski definition) is 6. The van der Waals surface area contributed by atoms with E-state index < -0.39 is 23.3 Å². The van der Waals surface area contributed by atoms with Crippen LogP contribution in [0.25, 0.3) is 10.9 Å². The van der Waals surface area contributed by atoms with E-state index in [-0.39, 0.29) is 5.56 Å². The first-order chi connectivity index (χ1) is 17.3. The summed E-state index contributed by atoms with van der Waals surface area (Å²) in [6.45, 7) is 0.510. The average molecular weight is 495 g/mol. The Hall–Kier alpha value is -3.72. The van der Waals surface area contributed by atoms with Crippen molar-refractivity contribution in [2.75, 3.05) is 31.8 Å². The molecule has 0 saturated heterocycles. The molecular weight excluding hydrogens is 463 g/mol. The maximum atomic E-state index is 14.0. The van der Waals surface area contributed by atoms with Gasteiger partial charge < -0.3 is 20.4 Å². The van der Waals surface area contributed by atoms with E-state index in [1.54, 1.807) is 25.2 Å². The fourth-order valence-electron chi connectivity index (χ4n) is 4.85.